The molecule has 0 aromatic rings. The van der Waals surface area contributed by atoms with Gasteiger partial charge in [0.25, 0.3) is 0 Å². The number of esters is 1. The molecule has 1 aliphatic rings. The highest BCUT2D eigenvalue weighted by molar-refractivity contribution is 5.75. The first-order valence-corrected chi connectivity index (χ1v) is 5.98. The molecule has 0 radical (unpaired) electrons. The molecule has 0 spiro atoms. The van der Waals surface area contributed by atoms with E-state index in [2.05, 4.69) is 0 Å². The first kappa shape index (κ1) is 15.4. The van der Waals surface area contributed by atoms with E-state index in [1.54, 1.807) is 20.8 Å². The molecule has 1 aliphatic heterocycles. The number of aliphatic hydroxyl groups excluding tert-OH is 2. The van der Waals surface area contributed by atoms with E-state index in [-0.39, 0.29) is 13.0 Å². The number of rotatable bonds is 3. The van der Waals surface area contributed by atoms with E-state index in [0.717, 1.165) is 0 Å². The molecule has 1 heterocycles. The predicted octanol–water partition coefficient (Wildman–Crippen LogP) is 0.0589. The van der Waals surface area contributed by atoms with Crippen LogP contribution in [-0.4, -0.2) is 54.5 Å². The van der Waals surface area contributed by atoms with Gasteiger partial charge in [0, 0.05) is 13.5 Å². The number of methoxy groups -OCH3 is 1. The summed E-state index contributed by atoms with van der Waals surface area (Å²) in [4.78, 5) is 11.8. The Hall–Kier alpha value is -0.690. The lowest BCUT2D eigenvalue weighted by Gasteiger charge is -2.38. The van der Waals surface area contributed by atoms with Crippen molar-refractivity contribution < 1.29 is 29.2 Å². The van der Waals surface area contributed by atoms with Crippen molar-refractivity contribution in [2.24, 2.45) is 5.41 Å². The van der Waals surface area contributed by atoms with Gasteiger partial charge in [0.1, 0.15) is 18.3 Å². The Kier molecular flexibility index (Phi) is 5.10. The standard InChI is InChI=1S/C12H22O6/c1-12(2,3)11(15)18-7-5-9(16-4)17-8(6-13)10(7)14/h7-10,13-14H,5-6H2,1-4H3. The van der Waals surface area contributed by atoms with E-state index >= 15 is 0 Å². The van der Waals surface area contributed by atoms with Gasteiger partial charge in [0.2, 0.25) is 0 Å². The maximum atomic E-state index is 11.8. The van der Waals surface area contributed by atoms with Crippen LogP contribution in [0.4, 0.5) is 0 Å². The maximum absolute atomic E-state index is 11.8. The van der Waals surface area contributed by atoms with E-state index in [1.165, 1.54) is 7.11 Å². The highest BCUT2D eigenvalue weighted by Crippen LogP contribution is 2.26. The van der Waals surface area contributed by atoms with Gasteiger partial charge < -0.3 is 24.4 Å². The molecule has 0 aliphatic carbocycles. The van der Waals surface area contributed by atoms with Gasteiger partial charge in [-0.05, 0) is 20.8 Å². The number of hydrogen-bond acceptors (Lipinski definition) is 6. The highest BCUT2D eigenvalue weighted by atomic mass is 16.7. The lowest BCUT2D eigenvalue weighted by atomic mass is 9.96. The third-order valence-corrected chi connectivity index (χ3v) is 2.83. The van der Waals surface area contributed by atoms with Gasteiger partial charge in [0.05, 0.1) is 12.0 Å². The quantitative estimate of drug-likeness (QED) is 0.700. The van der Waals surface area contributed by atoms with Crippen molar-refractivity contribution in [3.63, 3.8) is 0 Å². The van der Waals surface area contributed by atoms with Crippen molar-refractivity contribution in [2.45, 2.75) is 51.8 Å². The first-order valence-electron chi connectivity index (χ1n) is 5.98. The molecular weight excluding hydrogens is 240 g/mol. The van der Waals surface area contributed by atoms with Crippen LogP contribution in [0.15, 0.2) is 0 Å². The third-order valence-electron chi connectivity index (χ3n) is 2.83. The Morgan fingerprint density at radius 3 is 2.50 bits per heavy atom. The number of ether oxygens (including phenoxy) is 3. The van der Waals surface area contributed by atoms with Crippen molar-refractivity contribution in [2.75, 3.05) is 13.7 Å². The molecule has 18 heavy (non-hydrogen) atoms. The maximum Gasteiger partial charge on any atom is 0.311 e. The summed E-state index contributed by atoms with van der Waals surface area (Å²) >= 11 is 0. The summed E-state index contributed by atoms with van der Waals surface area (Å²) in [7, 11) is 1.46. The summed E-state index contributed by atoms with van der Waals surface area (Å²) in [6.45, 7) is 4.85. The summed E-state index contributed by atoms with van der Waals surface area (Å²) in [6.07, 6.45) is -2.93. The summed E-state index contributed by atoms with van der Waals surface area (Å²) in [5.41, 5.74) is -0.644. The summed E-state index contributed by atoms with van der Waals surface area (Å²) < 4.78 is 15.6. The zero-order valence-electron chi connectivity index (χ0n) is 11.3. The molecule has 106 valence electrons. The van der Waals surface area contributed by atoms with Crippen LogP contribution in [0.3, 0.4) is 0 Å². The van der Waals surface area contributed by atoms with Crippen LogP contribution in [0.25, 0.3) is 0 Å². The number of carbonyl (C=O) groups is 1. The average molecular weight is 262 g/mol. The first-order chi connectivity index (χ1) is 8.29. The topological polar surface area (TPSA) is 85.2 Å². The van der Waals surface area contributed by atoms with Crippen molar-refractivity contribution in [1.82, 2.24) is 0 Å². The second kappa shape index (κ2) is 5.97. The molecule has 0 saturated carbocycles. The smallest absolute Gasteiger partial charge is 0.311 e. The molecule has 0 aromatic heterocycles. The average Bonchev–Trinajstić information content (AvgIpc) is 2.30. The monoisotopic (exact) mass is 262 g/mol. The second-order valence-electron chi connectivity index (χ2n) is 5.44. The number of aliphatic hydroxyl groups is 2. The molecular formula is C12H22O6. The Labute approximate surface area is 107 Å². The fraction of sp³-hybridized carbons (Fsp3) is 0.917. The van der Waals surface area contributed by atoms with Gasteiger partial charge in [-0.3, -0.25) is 4.79 Å². The van der Waals surface area contributed by atoms with Crippen molar-refractivity contribution >= 4 is 5.97 Å². The largest absolute Gasteiger partial charge is 0.459 e. The fourth-order valence-electron chi connectivity index (χ4n) is 1.63. The van der Waals surface area contributed by atoms with E-state index < -0.39 is 36.0 Å². The van der Waals surface area contributed by atoms with Gasteiger partial charge in [-0.2, -0.15) is 0 Å². The van der Waals surface area contributed by atoms with Gasteiger partial charge >= 0.3 is 5.97 Å². The predicted molar refractivity (Wildman–Crippen MR) is 62.7 cm³/mol. The van der Waals surface area contributed by atoms with Gasteiger partial charge in [0.15, 0.2) is 6.29 Å². The van der Waals surface area contributed by atoms with Crippen molar-refractivity contribution in [3.8, 4) is 0 Å². The third kappa shape index (κ3) is 3.65. The van der Waals surface area contributed by atoms with Crippen LogP contribution >= 0.6 is 0 Å². The van der Waals surface area contributed by atoms with E-state index in [1.807, 2.05) is 0 Å². The van der Waals surface area contributed by atoms with Crippen LogP contribution in [0, 0.1) is 5.41 Å². The summed E-state index contributed by atoms with van der Waals surface area (Å²) in [5.74, 6) is -0.403. The lowest BCUT2D eigenvalue weighted by Crippen LogP contribution is -2.52. The van der Waals surface area contributed by atoms with E-state index in [4.69, 9.17) is 19.3 Å². The molecule has 1 saturated heterocycles. The molecule has 2 N–H and O–H groups in total. The molecule has 0 amide bonds. The van der Waals surface area contributed by atoms with E-state index in [9.17, 15) is 9.90 Å². The van der Waals surface area contributed by atoms with Gasteiger partial charge in [-0.15, -0.1) is 0 Å². The lowest BCUT2D eigenvalue weighted by molar-refractivity contribution is -0.255. The molecule has 4 atom stereocenters. The zero-order chi connectivity index (χ0) is 13.9. The molecule has 0 aromatic carbocycles. The molecule has 1 rings (SSSR count). The summed E-state index contributed by atoms with van der Waals surface area (Å²) in [6, 6.07) is 0. The van der Waals surface area contributed by atoms with Crippen LogP contribution in [-0.2, 0) is 19.0 Å². The molecule has 1 fully saturated rings. The minimum Gasteiger partial charge on any atom is -0.459 e. The van der Waals surface area contributed by atoms with Gasteiger partial charge in [-0.25, -0.2) is 0 Å². The Bertz CT molecular complexity index is 285. The van der Waals surface area contributed by atoms with Crippen LogP contribution in [0.2, 0.25) is 0 Å². The van der Waals surface area contributed by atoms with Crippen LogP contribution in [0.1, 0.15) is 27.2 Å². The van der Waals surface area contributed by atoms with E-state index in [0.29, 0.717) is 0 Å². The Morgan fingerprint density at radius 2 is 2.06 bits per heavy atom. The minimum absolute atomic E-state index is 0.246. The normalized spacial score (nSPS) is 33.2. The molecule has 6 heteroatoms. The van der Waals surface area contributed by atoms with Crippen molar-refractivity contribution in [3.05, 3.63) is 0 Å². The minimum atomic E-state index is -1.05. The Morgan fingerprint density at radius 1 is 1.44 bits per heavy atom. The SMILES string of the molecule is COC1CC(OC(=O)C(C)(C)C)C(O)C(CO)O1. The molecule has 6 nitrogen and oxygen atoms in total. The van der Waals surface area contributed by atoms with Crippen LogP contribution < -0.4 is 0 Å². The fourth-order valence-corrected chi connectivity index (χ4v) is 1.63. The van der Waals surface area contributed by atoms with Gasteiger partial charge in [-0.1, -0.05) is 0 Å². The van der Waals surface area contributed by atoms with Crippen molar-refractivity contribution in [1.29, 1.82) is 0 Å². The number of hydrogen-bond donors (Lipinski definition) is 2. The highest BCUT2D eigenvalue weighted by Gasteiger charge is 2.41. The summed E-state index contributed by atoms with van der Waals surface area (Å²) in [5, 5.41) is 19.0. The number of carbonyl (C=O) groups excluding carboxylic acids is 1. The Balaban J connectivity index is 2.70. The second-order valence-corrected chi connectivity index (χ2v) is 5.44. The van der Waals surface area contributed by atoms with Crippen LogP contribution in [0.5, 0.6) is 0 Å². The molecule has 4 unspecified atom stereocenters. The molecule has 0 bridgehead atoms. The zero-order valence-corrected chi connectivity index (χ0v) is 11.3.